The summed E-state index contributed by atoms with van der Waals surface area (Å²) in [5, 5.41) is 3.95. The summed E-state index contributed by atoms with van der Waals surface area (Å²) in [5.41, 5.74) is 1.37. The van der Waals surface area contributed by atoms with E-state index in [9.17, 15) is 4.39 Å². The molecule has 0 unspecified atom stereocenters. The van der Waals surface area contributed by atoms with Crippen LogP contribution in [0.4, 0.5) is 10.1 Å². The van der Waals surface area contributed by atoms with Crippen LogP contribution in [0.5, 0.6) is 11.5 Å². The van der Waals surface area contributed by atoms with Crippen LogP contribution in [0.25, 0.3) is 0 Å². The molecule has 1 aliphatic rings. The van der Waals surface area contributed by atoms with Gasteiger partial charge in [-0.1, -0.05) is 11.6 Å². The summed E-state index contributed by atoms with van der Waals surface area (Å²) in [6, 6.07) is 10.3. The molecule has 3 aromatic rings. The molecule has 2 heterocycles. The van der Waals surface area contributed by atoms with Crippen molar-refractivity contribution < 1.29 is 13.9 Å². The minimum absolute atomic E-state index is 0.291. The first-order valence-electron chi connectivity index (χ1n) is 10.7. The number of halogens is 2. The van der Waals surface area contributed by atoms with Gasteiger partial charge in [0.25, 0.3) is 0 Å². The van der Waals surface area contributed by atoms with Crippen molar-refractivity contribution in [3.8, 4) is 11.5 Å². The van der Waals surface area contributed by atoms with Crippen LogP contribution >= 0.6 is 23.8 Å². The molecule has 1 aliphatic heterocycles. The third-order valence-electron chi connectivity index (χ3n) is 5.83. The normalized spacial score (nSPS) is 14.2. The molecule has 4 rings (SSSR count). The maximum Gasteiger partial charge on any atom is 0.173 e. The van der Waals surface area contributed by atoms with E-state index >= 15 is 0 Å². The monoisotopic (exact) mass is 488 g/mol. The highest BCUT2D eigenvalue weighted by atomic mass is 35.5. The zero-order valence-electron chi connectivity index (χ0n) is 18.6. The van der Waals surface area contributed by atoms with Gasteiger partial charge < -0.3 is 24.3 Å². The highest BCUT2D eigenvalue weighted by molar-refractivity contribution is 7.80. The van der Waals surface area contributed by atoms with E-state index in [0.717, 1.165) is 48.8 Å². The first-order chi connectivity index (χ1) is 16.0. The van der Waals surface area contributed by atoms with Gasteiger partial charge in [-0.05, 0) is 61.0 Å². The molecule has 0 aliphatic carbocycles. The average Bonchev–Trinajstić information content (AvgIpc) is 3.29. The minimum Gasteiger partial charge on any atom is -0.497 e. The minimum atomic E-state index is -0.382. The van der Waals surface area contributed by atoms with E-state index in [1.165, 1.54) is 12.1 Å². The summed E-state index contributed by atoms with van der Waals surface area (Å²) in [6.45, 7) is 2.20. The summed E-state index contributed by atoms with van der Waals surface area (Å²) < 4.78 is 27.0. The molecule has 2 aromatic carbocycles. The van der Waals surface area contributed by atoms with E-state index in [0.29, 0.717) is 28.3 Å². The molecule has 33 heavy (non-hydrogen) atoms. The molecule has 0 saturated carbocycles. The number of methoxy groups -OCH3 is 2. The van der Waals surface area contributed by atoms with Gasteiger partial charge in [0.05, 0.1) is 19.9 Å². The number of hydrogen-bond acceptors (Lipinski definition) is 4. The van der Waals surface area contributed by atoms with Gasteiger partial charge in [0.15, 0.2) is 5.11 Å². The largest absolute Gasteiger partial charge is 0.497 e. The number of piperidine rings is 1. The molecule has 0 radical (unpaired) electrons. The average molecular weight is 489 g/mol. The van der Waals surface area contributed by atoms with Crippen LogP contribution in [-0.4, -0.2) is 46.9 Å². The summed E-state index contributed by atoms with van der Waals surface area (Å²) in [4.78, 5) is 6.71. The third-order valence-corrected chi connectivity index (χ3v) is 6.42. The zero-order chi connectivity index (χ0) is 23.4. The van der Waals surface area contributed by atoms with Crippen molar-refractivity contribution in [2.75, 3.05) is 32.6 Å². The van der Waals surface area contributed by atoms with Crippen molar-refractivity contribution >= 4 is 34.6 Å². The van der Waals surface area contributed by atoms with Crippen molar-refractivity contribution in [3.63, 3.8) is 0 Å². The Kier molecular flexibility index (Phi) is 7.35. The summed E-state index contributed by atoms with van der Waals surface area (Å²) in [5.74, 6) is 2.51. The Morgan fingerprint density at radius 1 is 1.15 bits per heavy atom. The number of thiocarbonyl (C=S) groups is 1. The van der Waals surface area contributed by atoms with Crippen molar-refractivity contribution in [3.05, 3.63) is 71.0 Å². The number of likely N-dealkylation sites (tertiary alicyclic amines) is 1. The molecule has 0 bridgehead atoms. The first-order valence-corrected chi connectivity index (χ1v) is 11.5. The zero-order valence-corrected chi connectivity index (χ0v) is 20.1. The standard InChI is InChI=1S/C24H26ClFN4O2S/c1-31-19-11-16(12-20(14-19)32-2)15-30-10-7-27-23(30)17-5-8-29(9-6-17)24(33)28-22-13-18(25)3-4-21(22)26/h3-4,7,10-14,17H,5-6,8-9,15H2,1-2H3,(H,28,33). The molecule has 6 nitrogen and oxygen atoms in total. The van der Waals surface area contributed by atoms with Crippen LogP contribution < -0.4 is 14.8 Å². The van der Waals surface area contributed by atoms with E-state index in [1.54, 1.807) is 20.3 Å². The molecular weight excluding hydrogens is 463 g/mol. The van der Waals surface area contributed by atoms with Crippen LogP contribution in [0.15, 0.2) is 48.8 Å². The number of aromatic nitrogens is 2. The fraction of sp³-hybridized carbons (Fsp3) is 0.333. The number of hydrogen-bond donors (Lipinski definition) is 1. The number of ether oxygens (including phenoxy) is 2. The highest BCUT2D eigenvalue weighted by Crippen LogP contribution is 2.29. The number of nitrogens with one attached hydrogen (secondary N) is 1. The molecule has 1 saturated heterocycles. The van der Waals surface area contributed by atoms with Gasteiger partial charge in [-0.25, -0.2) is 9.37 Å². The fourth-order valence-electron chi connectivity index (χ4n) is 4.10. The van der Waals surface area contributed by atoms with Crippen LogP contribution in [-0.2, 0) is 6.54 Å². The van der Waals surface area contributed by atoms with Crippen molar-refractivity contribution in [2.24, 2.45) is 0 Å². The Balaban J connectivity index is 1.40. The Labute approximate surface area is 203 Å². The fourth-order valence-corrected chi connectivity index (χ4v) is 4.56. The molecule has 9 heteroatoms. The summed E-state index contributed by atoms with van der Waals surface area (Å²) in [6.07, 6.45) is 5.64. The smallest absolute Gasteiger partial charge is 0.173 e. The van der Waals surface area contributed by atoms with E-state index in [4.69, 9.17) is 33.3 Å². The van der Waals surface area contributed by atoms with E-state index in [1.807, 2.05) is 30.6 Å². The quantitative estimate of drug-likeness (QED) is 0.474. The summed E-state index contributed by atoms with van der Waals surface area (Å²) in [7, 11) is 3.30. The number of rotatable bonds is 6. The van der Waals surface area contributed by atoms with E-state index in [-0.39, 0.29) is 5.82 Å². The van der Waals surface area contributed by atoms with Gasteiger partial charge in [-0.15, -0.1) is 0 Å². The molecule has 174 valence electrons. The third kappa shape index (κ3) is 5.57. The molecule has 1 fully saturated rings. The van der Waals surface area contributed by atoms with E-state index < -0.39 is 0 Å². The van der Waals surface area contributed by atoms with Crippen LogP contribution in [0.1, 0.15) is 30.1 Å². The molecule has 0 atom stereocenters. The Morgan fingerprint density at radius 3 is 2.52 bits per heavy atom. The number of imidazole rings is 1. The lowest BCUT2D eigenvalue weighted by Crippen LogP contribution is -2.40. The summed E-state index contributed by atoms with van der Waals surface area (Å²) >= 11 is 11.5. The maximum atomic E-state index is 14.0. The predicted molar refractivity (Wildman–Crippen MR) is 132 cm³/mol. The Morgan fingerprint density at radius 2 is 1.85 bits per heavy atom. The molecule has 1 N–H and O–H groups in total. The number of nitrogens with zero attached hydrogens (tertiary/aromatic N) is 3. The van der Waals surface area contributed by atoms with Gasteiger partial charge in [0.1, 0.15) is 23.1 Å². The Bertz CT molecular complexity index is 1110. The first kappa shape index (κ1) is 23.3. The van der Waals surface area contributed by atoms with Crippen molar-refractivity contribution in [1.82, 2.24) is 14.5 Å². The molecule has 0 spiro atoms. The SMILES string of the molecule is COc1cc(Cn2ccnc2C2CCN(C(=S)Nc3cc(Cl)ccc3F)CC2)cc(OC)c1. The second kappa shape index (κ2) is 10.4. The number of anilines is 1. The highest BCUT2D eigenvalue weighted by Gasteiger charge is 2.25. The lowest BCUT2D eigenvalue weighted by atomic mass is 9.96. The molecular formula is C24H26ClFN4O2S. The number of benzene rings is 2. The lowest BCUT2D eigenvalue weighted by molar-refractivity contribution is 0.306. The van der Waals surface area contributed by atoms with Crippen molar-refractivity contribution in [1.29, 1.82) is 0 Å². The Hall–Kier alpha value is -2.84. The van der Waals surface area contributed by atoms with Crippen LogP contribution in [0.3, 0.4) is 0 Å². The van der Waals surface area contributed by atoms with Gasteiger partial charge >= 0.3 is 0 Å². The van der Waals surface area contributed by atoms with E-state index in [2.05, 4.69) is 19.8 Å². The van der Waals surface area contributed by atoms with Gasteiger partial charge in [-0.2, -0.15) is 0 Å². The van der Waals surface area contributed by atoms with Crippen LogP contribution in [0, 0.1) is 5.82 Å². The maximum absolute atomic E-state index is 14.0. The van der Waals surface area contributed by atoms with Crippen molar-refractivity contribution in [2.45, 2.75) is 25.3 Å². The second-order valence-corrected chi connectivity index (χ2v) is 8.77. The van der Waals surface area contributed by atoms with Gasteiger partial charge in [0, 0.05) is 49.0 Å². The van der Waals surface area contributed by atoms with Gasteiger partial charge in [0.2, 0.25) is 0 Å². The topological polar surface area (TPSA) is 51.5 Å². The van der Waals surface area contributed by atoms with Gasteiger partial charge in [-0.3, -0.25) is 0 Å². The lowest BCUT2D eigenvalue weighted by Gasteiger charge is -2.33. The van der Waals surface area contributed by atoms with Crippen LogP contribution in [0.2, 0.25) is 5.02 Å². The predicted octanol–water partition coefficient (Wildman–Crippen LogP) is 5.32. The molecule has 1 aromatic heterocycles. The molecule has 0 amide bonds. The second-order valence-electron chi connectivity index (χ2n) is 7.95.